The minimum atomic E-state index is -3.81. The Balaban J connectivity index is 1.65. The fourth-order valence-electron chi connectivity index (χ4n) is 3.96. The summed E-state index contributed by atoms with van der Waals surface area (Å²) in [4.78, 5) is 8.87. The first kappa shape index (κ1) is 23.2. The van der Waals surface area contributed by atoms with Crippen LogP contribution in [0.15, 0.2) is 65.7 Å². The van der Waals surface area contributed by atoms with E-state index in [1.165, 1.54) is 16.4 Å². The molecule has 33 heavy (non-hydrogen) atoms. The number of rotatable bonds is 8. The number of nitrogens with zero attached hydrogens (tertiary/aromatic N) is 3. The van der Waals surface area contributed by atoms with Gasteiger partial charge in [-0.3, -0.25) is 0 Å². The van der Waals surface area contributed by atoms with Gasteiger partial charge in [0.15, 0.2) is 0 Å². The summed E-state index contributed by atoms with van der Waals surface area (Å²) in [5.74, 6) is -0.0900. The van der Waals surface area contributed by atoms with Crippen molar-refractivity contribution in [3.63, 3.8) is 0 Å². The van der Waals surface area contributed by atoms with Gasteiger partial charge in [-0.2, -0.15) is 4.31 Å². The Morgan fingerprint density at radius 1 is 1.09 bits per heavy atom. The van der Waals surface area contributed by atoms with Crippen LogP contribution in [-0.2, 0) is 10.0 Å². The average Bonchev–Trinajstić information content (AvgIpc) is 2.84. The number of piperidine rings is 1. The second-order valence-electron chi connectivity index (χ2n) is 7.78. The number of sulfonamides is 1. The molecule has 0 bridgehead atoms. The second-order valence-corrected chi connectivity index (χ2v) is 9.64. The maximum atomic E-state index is 13.7. The zero-order valence-electron chi connectivity index (χ0n) is 18.1. The van der Waals surface area contributed by atoms with Gasteiger partial charge in [0.05, 0.1) is 11.4 Å². The van der Waals surface area contributed by atoms with Gasteiger partial charge in [0.1, 0.15) is 10.7 Å². The summed E-state index contributed by atoms with van der Waals surface area (Å²) >= 11 is 0. The molecule has 0 spiro atoms. The molecule has 4 N–H and O–H groups in total. The molecule has 0 unspecified atom stereocenters. The van der Waals surface area contributed by atoms with E-state index in [2.05, 4.69) is 20.6 Å². The van der Waals surface area contributed by atoms with Crippen molar-refractivity contribution in [3.05, 3.63) is 66.6 Å². The van der Waals surface area contributed by atoms with Gasteiger partial charge >= 0.3 is 0 Å². The first-order valence-corrected chi connectivity index (χ1v) is 12.3. The molecule has 0 amide bonds. The van der Waals surface area contributed by atoms with E-state index in [-0.39, 0.29) is 35.8 Å². The first-order valence-electron chi connectivity index (χ1n) is 10.9. The molecule has 1 aliphatic rings. The minimum Gasteiger partial charge on any atom is -0.329 e. The van der Waals surface area contributed by atoms with Crippen LogP contribution in [0.25, 0.3) is 11.3 Å². The van der Waals surface area contributed by atoms with Crippen LogP contribution in [0.1, 0.15) is 12.8 Å². The van der Waals surface area contributed by atoms with Gasteiger partial charge in [-0.25, -0.2) is 22.8 Å². The van der Waals surface area contributed by atoms with Gasteiger partial charge in [0, 0.05) is 30.9 Å². The van der Waals surface area contributed by atoms with Crippen molar-refractivity contribution in [1.29, 1.82) is 0 Å². The third-order valence-electron chi connectivity index (χ3n) is 5.58. The number of benzene rings is 2. The van der Waals surface area contributed by atoms with Crippen molar-refractivity contribution in [2.24, 2.45) is 5.73 Å². The molecule has 1 aliphatic heterocycles. The van der Waals surface area contributed by atoms with Gasteiger partial charge in [-0.1, -0.05) is 12.1 Å². The highest BCUT2D eigenvalue weighted by Crippen LogP contribution is 2.29. The molecule has 1 saturated heterocycles. The maximum absolute atomic E-state index is 13.7. The summed E-state index contributed by atoms with van der Waals surface area (Å²) in [6, 6.07) is 14.3. The molecule has 3 aromatic rings. The number of nitrogens with two attached hydrogens (primary N) is 1. The van der Waals surface area contributed by atoms with Crippen molar-refractivity contribution in [1.82, 2.24) is 19.6 Å². The number of halogens is 1. The van der Waals surface area contributed by atoms with E-state index in [1.54, 1.807) is 48.7 Å². The number of hydrogen-bond acceptors (Lipinski definition) is 7. The highest BCUT2D eigenvalue weighted by Gasteiger charge is 2.33. The number of anilines is 2. The van der Waals surface area contributed by atoms with Crippen LogP contribution < -0.4 is 16.4 Å². The van der Waals surface area contributed by atoms with E-state index >= 15 is 0 Å². The third kappa shape index (κ3) is 5.36. The summed E-state index contributed by atoms with van der Waals surface area (Å²) in [5.41, 5.74) is 7.47. The van der Waals surface area contributed by atoms with Crippen molar-refractivity contribution in [3.8, 4) is 11.3 Å². The Morgan fingerprint density at radius 3 is 2.55 bits per heavy atom. The lowest BCUT2D eigenvalue weighted by Gasteiger charge is -2.33. The quantitative estimate of drug-likeness (QED) is 0.464. The van der Waals surface area contributed by atoms with E-state index in [0.29, 0.717) is 11.4 Å². The number of para-hydroxylation sites is 1. The van der Waals surface area contributed by atoms with Crippen LogP contribution in [0.3, 0.4) is 0 Å². The summed E-state index contributed by atoms with van der Waals surface area (Å²) in [7, 11) is -3.81. The highest BCUT2D eigenvalue weighted by atomic mass is 32.2. The summed E-state index contributed by atoms with van der Waals surface area (Å²) in [5, 5.41) is 6.32. The van der Waals surface area contributed by atoms with Crippen LogP contribution in [-0.4, -0.2) is 54.9 Å². The fraction of sp³-hybridized carbons (Fsp3) is 0.304. The van der Waals surface area contributed by atoms with Gasteiger partial charge in [-0.15, -0.1) is 0 Å². The zero-order chi connectivity index (χ0) is 23.3. The lowest BCUT2D eigenvalue weighted by Crippen LogP contribution is -2.47. The fourth-order valence-corrected chi connectivity index (χ4v) is 5.81. The average molecular weight is 471 g/mol. The maximum Gasteiger partial charge on any atom is 0.245 e. The largest absolute Gasteiger partial charge is 0.329 e. The van der Waals surface area contributed by atoms with E-state index in [9.17, 15) is 12.8 Å². The van der Waals surface area contributed by atoms with Crippen LogP contribution >= 0.6 is 0 Å². The molecule has 1 fully saturated rings. The molecule has 4 rings (SSSR count). The minimum absolute atomic E-state index is 0.106. The second kappa shape index (κ2) is 10.3. The smallest absolute Gasteiger partial charge is 0.245 e. The number of hydrogen-bond donors (Lipinski definition) is 3. The first-order chi connectivity index (χ1) is 16.0. The van der Waals surface area contributed by atoms with Crippen molar-refractivity contribution in [2.75, 3.05) is 31.5 Å². The molecule has 0 saturated carbocycles. The topological polar surface area (TPSA) is 113 Å². The Morgan fingerprint density at radius 2 is 1.82 bits per heavy atom. The Bertz CT molecular complexity index is 1180. The van der Waals surface area contributed by atoms with Gasteiger partial charge < -0.3 is 16.4 Å². The predicted molar refractivity (Wildman–Crippen MR) is 126 cm³/mol. The van der Waals surface area contributed by atoms with E-state index in [1.807, 2.05) is 0 Å². The normalized spacial score (nSPS) is 15.0. The molecule has 0 radical (unpaired) electrons. The van der Waals surface area contributed by atoms with Crippen molar-refractivity contribution >= 4 is 21.7 Å². The van der Waals surface area contributed by atoms with E-state index in [0.717, 1.165) is 31.5 Å². The van der Waals surface area contributed by atoms with E-state index < -0.39 is 10.0 Å². The molecule has 2 aromatic carbocycles. The monoisotopic (exact) mass is 470 g/mol. The lowest BCUT2D eigenvalue weighted by atomic mass is 10.1. The zero-order valence-corrected chi connectivity index (χ0v) is 18.9. The molecule has 2 heterocycles. The predicted octanol–water partition coefficient (Wildman–Crippen LogP) is 2.73. The Kier molecular flexibility index (Phi) is 7.29. The lowest BCUT2D eigenvalue weighted by molar-refractivity contribution is 0.266. The molecule has 0 atom stereocenters. The third-order valence-corrected chi connectivity index (χ3v) is 7.59. The molecule has 8 nitrogen and oxygen atoms in total. The molecule has 174 valence electrons. The molecular formula is C23H27FN6O2S. The molecule has 0 aliphatic carbocycles. The van der Waals surface area contributed by atoms with Gasteiger partial charge in [0.25, 0.3) is 0 Å². The summed E-state index contributed by atoms with van der Waals surface area (Å²) in [6.45, 7) is 2.02. The van der Waals surface area contributed by atoms with Crippen LogP contribution in [0.2, 0.25) is 0 Å². The SMILES string of the molecule is NCCN(C1CCNCC1)S(=O)(=O)c1ccccc1Nc1nccc(-c2ccc(F)cc2)n1. The van der Waals surface area contributed by atoms with Gasteiger partial charge in [0.2, 0.25) is 16.0 Å². The summed E-state index contributed by atoms with van der Waals surface area (Å²) in [6.07, 6.45) is 3.04. The number of nitrogens with one attached hydrogen (secondary N) is 2. The Hall–Kier alpha value is -2.92. The van der Waals surface area contributed by atoms with Crippen LogP contribution in [0.4, 0.5) is 16.0 Å². The molecular weight excluding hydrogens is 443 g/mol. The molecule has 1 aromatic heterocycles. The van der Waals surface area contributed by atoms with E-state index in [4.69, 9.17) is 5.73 Å². The summed E-state index contributed by atoms with van der Waals surface area (Å²) < 4.78 is 42.2. The number of aromatic nitrogens is 2. The van der Waals surface area contributed by atoms with Crippen LogP contribution in [0, 0.1) is 5.82 Å². The molecule has 10 heteroatoms. The van der Waals surface area contributed by atoms with Gasteiger partial charge in [-0.05, 0) is 68.4 Å². The van der Waals surface area contributed by atoms with Crippen LogP contribution in [0.5, 0.6) is 0 Å². The highest BCUT2D eigenvalue weighted by molar-refractivity contribution is 7.89. The standard InChI is InChI=1S/C23H27FN6O2S/c24-18-7-5-17(6-8-18)20-11-15-27-23(28-20)29-21-3-1-2-4-22(21)33(31,32)30(16-12-25)19-9-13-26-14-10-19/h1-8,11,15,19,26H,9-10,12-14,16,25H2,(H,27,28,29). The van der Waals surface area contributed by atoms with Crippen molar-refractivity contribution < 1.29 is 12.8 Å². The Labute approximate surface area is 193 Å². The van der Waals surface area contributed by atoms with Crippen molar-refractivity contribution in [2.45, 2.75) is 23.8 Å².